The maximum absolute atomic E-state index is 5.64. The zero-order valence-electron chi connectivity index (χ0n) is 12.7. The molecule has 0 aliphatic rings. The summed E-state index contributed by atoms with van der Waals surface area (Å²) < 4.78 is 10.6. The van der Waals surface area contributed by atoms with Gasteiger partial charge in [0.2, 0.25) is 5.88 Å². The zero-order valence-corrected chi connectivity index (χ0v) is 12.7. The van der Waals surface area contributed by atoms with Crippen molar-refractivity contribution in [1.82, 2.24) is 10.3 Å². The quantitative estimate of drug-likeness (QED) is 0.770. The van der Waals surface area contributed by atoms with Crippen LogP contribution in [0.1, 0.15) is 39.0 Å². The second-order valence-electron chi connectivity index (χ2n) is 5.57. The number of hydrogen-bond donors (Lipinski definition) is 1. The molecule has 0 radical (unpaired) electrons. The van der Waals surface area contributed by atoms with Gasteiger partial charge in [-0.3, -0.25) is 0 Å². The molecule has 1 N–H and O–H groups in total. The summed E-state index contributed by atoms with van der Waals surface area (Å²) in [6.07, 6.45) is 0. The fraction of sp³-hybridized carbons (Fsp3) is 0.667. The molecular formula is C15H26N2O2. The van der Waals surface area contributed by atoms with Crippen LogP contribution in [0.2, 0.25) is 0 Å². The molecule has 4 heteroatoms. The molecule has 0 aliphatic carbocycles. The van der Waals surface area contributed by atoms with Crippen LogP contribution in [0.3, 0.4) is 0 Å². The Morgan fingerprint density at radius 3 is 2.53 bits per heavy atom. The lowest BCUT2D eigenvalue weighted by Gasteiger charge is -2.20. The minimum atomic E-state index is 0.0155. The average Bonchev–Trinajstić information content (AvgIpc) is 2.35. The molecule has 108 valence electrons. The molecule has 0 bridgehead atoms. The molecule has 19 heavy (non-hydrogen) atoms. The van der Waals surface area contributed by atoms with Gasteiger partial charge in [-0.15, -0.1) is 0 Å². The fourth-order valence-corrected chi connectivity index (χ4v) is 1.62. The summed E-state index contributed by atoms with van der Waals surface area (Å²) in [6.45, 7) is 11.5. The number of nitrogens with zero attached hydrogens (tertiary/aromatic N) is 1. The first-order chi connectivity index (χ1) is 8.97. The van der Waals surface area contributed by atoms with Crippen molar-refractivity contribution in [3.8, 4) is 5.88 Å². The standard InChI is InChI=1S/C15H26N2O2/c1-6-16-11-12-9-13(15(2,3)4)17-14(10-12)19-8-7-18-5/h9-10,16H,6-8,11H2,1-5H3. The van der Waals surface area contributed by atoms with Crippen LogP contribution in [0.5, 0.6) is 5.88 Å². The van der Waals surface area contributed by atoms with Crippen LogP contribution in [0, 0.1) is 0 Å². The average molecular weight is 266 g/mol. The van der Waals surface area contributed by atoms with Gasteiger partial charge in [-0.1, -0.05) is 27.7 Å². The van der Waals surface area contributed by atoms with E-state index >= 15 is 0 Å². The Hall–Kier alpha value is -1.13. The maximum Gasteiger partial charge on any atom is 0.213 e. The minimum Gasteiger partial charge on any atom is -0.475 e. The highest BCUT2D eigenvalue weighted by Crippen LogP contribution is 2.24. The van der Waals surface area contributed by atoms with Crippen LogP contribution in [-0.2, 0) is 16.7 Å². The molecule has 1 rings (SSSR count). The van der Waals surface area contributed by atoms with Crippen molar-refractivity contribution < 1.29 is 9.47 Å². The van der Waals surface area contributed by atoms with Gasteiger partial charge in [0.15, 0.2) is 0 Å². The lowest BCUT2D eigenvalue weighted by molar-refractivity contribution is 0.143. The summed E-state index contributed by atoms with van der Waals surface area (Å²) in [5.41, 5.74) is 2.27. The number of aromatic nitrogens is 1. The van der Waals surface area contributed by atoms with Gasteiger partial charge < -0.3 is 14.8 Å². The number of pyridine rings is 1. The molecule has 0 atom stereocenters. The Bertz CT molecular complexity index is 386. The van der Waals surface area contributed by atoms with Crippen LogP contribution in [0.15, 0.2) is 12.1 Å². The summed E-state index contributed by atoms with van der Waals surface area (Å²) in [7, 11) is 1.67. The van der Waals surface area contributed by atoms with Crippen molar-refractivity contribution in [1.29, 1.82) is 0 Å². The Morgan fingerprint density at radius 1 is 1.21 bits per heavy atom. The molecule has 0 spiro atoms. The molecule has 1 aromatic heterocycles. The van der Waals surface area contributed by atoms with Gasteiger partial charge in [-0.05, 0) is 18.2 Å². The van der Waals surface area contributed by atoms with Gasteiger partial charge in [0.05, 0.1) is 12.3 Å². The highest BCUT2D eigenvalue weighted by atomic mass is 16.5. The van der Waals surface area contributed by atoms with E-state index in [0.717, 1.165) is 18.8 Å². The van der Waals surface area contributed by atoms with E-state index in [-0.39, 0.29) is 5.41 Å². The molecule has 0 unspecified atom stereocenters. The summed E-state index contributed by atoms with van der Waals surface area (Å²) >= 11 is 0. The molecule has 0 aliphatic heterocycles. The molecule has 0 aromatic carbocycles. The lowest BCUT2D eigenvalue weighted by Crippen LogP contribution is -2.18. The third kappa shape index (κ3) is 5.57. The smallest absolute Gasteiger partial charge is 0.213 e. The summed E-state index contributed by atoms with van der Waals surface area (Å²) in [5, 5.41) is 3.33. The molecule has 0 amide bonds. The van der Waals surface area contributed by atoms with Crippen LogP contribution < -0.4 is 10.1 Å². The van der Waals surface area contributed by atoms with Crippen molar-refractivity contribution in [2.75, 3.05) is 26.9 Å². The normalized spacial score (nSPS) is 11.6. The van der Waals surface area contributed by atoms with Crippen LogP contribution in [0.4, 0.5) is 0 Å². The monoisotopic (exact) mass is 266 g/mol. The molecule has 4 nitrogen and oxygen atoms in total. The predicted molar refractivity (Wildman–Crippen MR) is 77.7 cm³/mol. The van der Waals surface area contributed by atoms with Crippen molar-refractivity contribution in [3.63, 3.8) is 0 Å². The van der Waals surface area contributed by atoms with Crippen LogP contribution in [-0.4, -0.2) is 31.9 Å². The summed E-state index contributed by atoms with van der Waals surface area (Å²) in [6, 6.07) is 4.14. The first kappa shape index (κ1) is 15.9. The number of rotatable bonds is 7. The maximum atomic E-state index is 5.64. The van der Waals surface area contributed by atoms with E-state index in [1.165, 1.54) is 5.56 Å². The summed E-state index contributed by atoms with van der Waals surface area (Å²) in [5.74, 6) is 0.678. The second-order valence-corrected chi connectivity index (χ2v) is 5.57. The SMILES string of the molecule is CCNCc1cc(OCCOC)nc(C(C)(C)C)c1. The Kier molecular flexibility index (Phi) is 6.25. The molecule has 0 fully saturated rings. The van der Waals surface area contributed by atoms with E-state index in [1.807, 2.05) is 6.07 Å². The van der Waals surface area contributed by atoms with Crippen molar-refractivity contribution in [3.05, 3.63) is 23.4 Å². The first-order valence-electron chi connectivity index (χ1n) is 6.81. The van der Waals surface area contributed by atoms with E-state index in [2.05, 4.69) is 44.1 Å². The predicted octanol–water partition coefficient (Wildman–Crippen LogP) is 2.51. The Balaban J connectivity index is 2.89. The molecule has 0 saturated carbocycles. The van der Waals surface area contributed by atoms with Crippen molar-refractivity contribution >= 4 is 0 Å². The third-order valence-corrected chi connectivity index (χ3v) is 2.75. The minimum absolute atomic E-state index is 0.0155. The van der Waals surface area contributed by atoms with E-state index in [1.54, 1.807) is 7.11 Å². The number of nitrogens with one attached hydrogen (secondary N) is 1. The molecular weight excluding hydrogens is 240 g/mol. The third-order valence-electron chi connectivity index (χ3n) is 2.75. The molecule has 1 heterocycles. The summed E-state index contributed by atoms with van der Waals surface area (Å²) in [4.78, 5) is 4.58. The largest absolute Gasteiger partial charge is 0.475 e. The Morgan fingerprint density at radius 2 is 1.95 bits per heavy atom. The van der Waals surface area contributed by atoms with E-state index < -0.39 is 0 Å². The highest BCUT2D eigenvalue weighted by molar-refractivity contribution is 5.28. The number of methoxy groups -OCH3 is 1. The van der Waals surface area contributed by atoms with Crippen molar-refractivity contribution in [2.45, 2.75) is 39.7 Å². The van der Waals surface area contributed by atoms with Gasteiger partial charge in [0, 0.05) is 25.1 Å². The molecule has 1 aromatic rings. The van der Waals surface area contributed by atoms with Gasteiger partial charge in [-0.25, -0.2) is 4.98 Å². The fourth-order valence-electron chi connectivity index (χ4n) is 1.62. The topological polar surface area (TPSA) is 43.4 Å². The first-order valence-corrected chi connectivity index (χ1v) is 6.81. The lowest BCUT2D eigenvalue weighted by atomic mass is 9.91. The van der Waals surface area contributed by atoms with Gasteiger partial charge in [0.25, 0.3) is 0 Å². The van der Waals surface area contributed by atoms with E-state index in [4.69, 9.17) is 9.47 Å². The van der Waals surface area contributed by atoms with Gasteiger partial charge in [-0.2, -0.15) is 0 Å². The van der Waals surface area contributed by atoms with Gasteiger partial charge >= 0.3 is 0 Å². The van der Waals surface area contributed by atoms with Gasteiger partial charge in [0.1, 0.15) is 6.61 Å². The Labute approximate surface area is 116 Å². The van der Waals surface area contributed by atoms with E-state index in [9.17, 15) is 0 Å². The highest BCUT2D eigenvalue weighted by Gasteiger charge is 2.17. The number of hydrogen-bond acceptors (Lipinski definition) is 4. The van der Waals surface area contributed by atoms with E-state index in [0.29, 0.717) is 19.1 Å². The molecule has 0 saturated heterocycles. The van der Waals surface area contributed by atoms with Crippen LogP contribution in [0.25, 0.3) is 0 Å². The number of ether oxygens (including phenoxy) is 2. The second kappa shape index (κ2) is 7.46. The van der Waals surface area contributed by atoms with Crippen LogP contribution >= 0.6 is 0 Å². The van der Waals surface area contributed by atoms with Crippen molar-refractivity contribution in [2.24, 2.45) is 0 Å². The zero-order chi connectivity index (χ0) is 14.3.